The summed E-state index contributed by atoms with van der Waals surface area (Å²) < 4.78 is 68.6. The van der Waals surface area contributed by atoms with Gasteiger partial charge in [-0.15, -0.1) is 0 Å². The molecule has 0 rings (SSSR count). The summed E-state index contributed by atoms with van der Waals surface area (Å²) >= 11 is 0. The number of aliphatic hydroxyl groups is 1. The van der Waals surface area contributed by atoms with Gasteiger partial charge in [0.2, 0.25) is 0 Å². The van der Waals surface area contributed by atoms with Gasteiger partial charge in [0, 0.05) is 25.7 Å². The fourth-order valence-electron chi connectivity index (χ4n) is 10.3. The average Bonchev–Trinajstić information content (AvgIpc) is 0.911. The number of hydrogen-bond acceptors (Lipinski definition) is 15. The Labute approximate surface area is 630 Å². The van der Waals surface area contributed by atoms with Crippen LogP contribution in [0.1, 0.15) is 310 Å². The van der Waals surface area contributed by atoms with Crippen LogP contribution in [0.2, 0.25) is 0 Å². The van der Waals surface area contributed by atoms with Crippen molar-refractivity contribution in [2.24, 2.45) is 0 Å². The van der Waals surface area contributed by atoms with E-state index in [0.29, 0.717) is 25.7 Å². The van der Waals surface area contributed by atoms with Crippen molar-refractivity contribution >= 4 is 39.5 Å². The average molecular weight is 1500 g/mol. The molecule has 594 valence electrons. The van der Waals surface area contributed by atoms with Crippen molar-refractivity contribution in [1.82, 2.24) is 0 Å². The minimum atomic E-state index is -4.99. The zero-order valence-electron chi connectivity index (χ0n) is 64.9. The van der Waals surface area contributed by atoms with Crippen LogP contribution in [0.15, 0.2) is 146 Å². The highest BCUT2D eigenvalue weighted by Gasteiger charge is 2.30. The molecule has 5 unspecified atom stereocenters. The molecule has 0 aliphatic heterocycles. The molecule has 0 aromatic carbocycles. The van der Waals surface area contributed by atoms with Gasteiger partial charge in [-0.2, -0.15) is 0 Å². The van der Waals surface area contributed by atoms with Gasteiger partial charge in [-0.3, -0.25) is 37.3 Å². The van der Waals surface area contributed by atoms with Crippen LogP contribution in [0, 0.1) is 0 Å². The van der Waals surface area contributed by atoms with Gasteiger partial charge in [0.25, 0.3) is 0 Å². The van der Waals surface area contributed by atoms with Gasteiger partial charge in [0.05, 0.1) is 26.4 Å². The minimum absolute atomic E-state index is 0.0712. The van der Waals surface area contributed by atoms with Crippen LogP contribution in [-0.4, -0.2) is 96.7 Å². The molecule has 0 aromatic rings. The van der Waals surface area contributed by atoms with Gasteiger partial charge < -0.3 is 33.8 Å². The molecule has 0 bridgehead atoms. The van der Waals surface area contributed by atoms with Crippen molar-refractivity contribution in [3.63, 3.8) is 0 Å². The molecule has 3 N–H and O–H groups in total. The summed E-state index contributed by atoms with van der Waals surface area (Å²) in [6.45, 7) is 4.42. The molecule has 0 aromatic heterocycles. The molecule has 0 fully saturated rings. The van der Waals surface area contributed by atoms with Crippen molar-refractivity contribution in [1.29, 1.82) is 0 Å². The van der Waals surface area contributed by atoms with Gasteiger partial charge in [0.15, 0.2) is 12.2 Å². The largest absolute Gasteiger partial charge is 0.472 e. The minimum Gasteiger partial charge on any atom is -0.462 e. The van der Waals surface area contributed by atoms with E-state index in [4.69, 9.17) is 37.0 Å². The molecular weight excluding hydrogens is 1350 g/mol. The van der Waals surface area contributed by atoms with E-state index in [1.54, 1.807) is 0 Å². The molecule has 0 radical (unpaired) electrons. The van der Waals surface area contributed by atoms with Crippen LogP contribution >= 0.6 is 15.6 Å². The first kappa shape index (κ1) is 98.9. The van der Waals surface area contributed by atoms with Gasteiger partial charge in [0.1, 0.15) is 19.3 Å². The van der Waals surface area contributed by atoms with Crippen LogP contribution < -0.4 is 0 Å². The van der Waals surface area contributed by atoms with E-state index >= 15 is 0 Å². The third-order valence-corrected chi connectivity index (χ3v) is 18.2. The zero-order chi connectivity index (χ0) is 76.0. The van der Waals surface area contributed by atoms with Crippen LogP contribution in [0.3, 0.4) is 0 Å². The first-order valence-electron chi connectivity index (χ1n) is 40.1. The van der Waals surface area contributed by atoms with Crippen LogP contribution in [-0.2, 0) is 65.4 Å². The Morgan fingerprint density at radius 3 is 0.769 bits per heavy atom. The lowest BCUT2D eigenvalue weighted by Crippen LogP contribution is -2.30. The van der Waals surface area contributed by atoms with Gasteiger partial charge in [-0.05, 0) is 154 Å². The Balaban J connectivity index is 5.40. The normalized spacial score (nSPS) is 14.6. The topological polar surface area (TPSA) is 237 Å². The van der Waals surface area contributed by atoms with Crippen LogP contribution in [0.5, 0.6) is 0 Å². The predicted octanol–water partition coefficient (Wildman–Crippen LogP) is 23.4. The molecule has 17 nitrogen and oxygen atoms in total. The molecule has 104 heavy (non-hydrogen) atoms. The van der Waals surface area contributed by atoms with Gasteiger partial charge >= 0.3 is 39.5 Å². The van der Waals surface area contributed by atoms with Crippen LogP contribution in [0.25, 0.3) is 0 Å². The summed E-state index contributed by atoms with van der Waals surface area (Å²) in [5.41, 5.74) is 0. The molecule has 0 heterocycles. The van der Waals surface area contributed by atoms with E-state index in [-0.39, 0.29) is 25.7 Å². The maximum Gasteiger partial charge on any atom is 0.472 e. The second kappa shape index (κ2) is 76.1. The second-order valence-electron chi connectivity index (χ2n) is 26.2. The van der Waals surface area contributed by atoms with Crippen molar-refractivity contribution in [3.05, 3.63) is 146 Å². The standard InChI is InChI=1S/C85H142O17P2/c1-5-9-13-17-21-25-29-33-36-38-39-41-43-47-50-54-58-62-66-70-83(88)96-76-81(102-85(90)72-68-64-60-56-52-48-44-40-37-34-30-26-22-18-14-10-6-2)78-100-104(93,94)98-74-79(86)73-97-103(91,92)99-77-80(101-84(89)71-67-63-59-55-51-45-32-28-24-20-16-12-8-4)75-95-82(87)69-65-61-57-53-49-46-42-35-31-27-23-19-15-11-7-3/h9-11,13-16,20-23,25-28,32-37,39,41-42,79-81,86H,5-8,12,17-19,24,29-31,38,40,43-78H2,1-4H3,(H,91,92)(H,93,94)/b13-9-,14-10-,15-11-,20-16-,25-21-,26-22-,27-23-,32-28-,36-33-,37-34-,41-39-,42-35-. The SMILES string of the molecule is CC/C=C\C/C=C\C/C=C\C/C=C\CCCCCCCCC(=O)OCC(COP(=O)(O)OCC(O)COP(=O)(O)OCC(COC(=O)CCCCCCC/C=C\C/C=C\C/C=C\CC)OC(=O)CCCCCCC/C=C\C/C=C\CCC)OC(=O)CCCCCCCCC/C=C\C/C=C\C/C=C\CC. The lowest BCUT2D eigenvalue weighted by atomic mass is 10.1. The van der Waals surface area contributed by atoms with E-state index in [9.17, 15) is 43.2 Å². The monoisotopic (exact) mass is 1500 g/mol. The van der Waals surface area contributed by atoms with Gasteiger partial charge in [-0.25, -0.2) is 9.13 Å². The Kier molecular flexibility index (Phi) is 72.4. The van der Waals surface area contributed by atoms with Crippen molar-refractivity contribution in [2.75, 3.05) is 39.6 Å². The molecule has 0 amide bonds. The van der Waals surface area contributed by atoms with E-state index in [2.05, 4.69) is 174 Å². The summed E-state index contributed by atoms with van der Waals surface area (Å²) in [4.78, 5) is 73.1. The molecule has 0 aliphatic rings. The Morgan fingerprint density at radius 2 is 0.500 bits per heavy atom. The number of allylic oxidation sites excluding steroid dienone is 24. The number of ether oxygens (including phenoxy) is 4. The molecule has 0 aliphatic carbocycles. The summed E-state index contributed by atoms with van der Waals surface area (Å²) in [5.74, 6) is -2.24. The zero-order valence-corrected chi connectivity index (χ0v) is 66.7. The quantitative estimate of drug-likeness (QED) is 0.0169. The summed E-state index contributed by atoms with van der Waals surface area (Å²) in [6.07, 6.45) is 86.8. The number of phosphoric ester groups is 2. The number of aliphatic hydroxyl groups excluding tert-OH is 1. The van der Waals surface area contributed by atoms with Crippen molar-refractivity contribution in [3.8, 4) is 0 Å². The van der Waals surface area contributed by atoms with E-state index in [0.717, 1.165) is 231 Å². The highest BCUT2D eigenvalue weighted by Crippen LogP contribution is 2.45. The molecule has 0 saturated carbocycles. The fraction of sp³-hybridized carbons (Fsp3) is 0.671. The Bertz CT molecular complexity index is 2540. The number of carbonyl (C=O) groups is 4. The van der Waals surface area contributed by atoms with E-state index in [1.165, 1.54) is 0 Å². The van der Waals surface area contributed by atoms with Crippen molar-refractivity contribution < 1.29 is 80.2 Å². The molecule has 19 heteroatoms. The van der Waals surface area contributed by atoms with E-state index in [1.807, 2.05) is 0 Å². The number of phosphoric acid groups is 2. The second-order valence-corrected chi connectivity index (χ2v) is 29.1. The summed E-state index contributed by atoms with van der Waals surface area (Å²) in [7, 11) is -9.98. The number of carbonyl (C=O) groups excluding carboxylic acids is 4. The third kappa shape index (κ3) is 75.2. The maximum absolute atomic E-state index is 13.1. The summed E-state index contributed by atoms with van der Waals surface area (Å²) in [6, 6.07) is 0. The summed E-state index contributed by atoms with van der Waals surface area (Å²) in [5, 5.41) is 10.6. The Morgan fingerprint density at radius 1 is 0.279 bits per heavy atom. The predicted molar refractivity (Wildman–Crippen MR) is 427 cm³/mol. The first-order valence-corrected chi connectivity index (χ1v) is 43.1. The maximum atomic E-state index is 13.1. The number of unbranched alkanes of at least 4 members (excludes halogenated alkanes) is 24. The number of rotatable bonds is 74. The highest BCUT2D eigenvalue weighted by molar-refractivity contribution is 7.47. The van der Waals surface area contributed by atoms with Gasteiger partial charge in [-0.1, -0.05) is 276 Å². The first-order chi connectivity index (χ1) is 50.7. The lowest BCUT2D eigenvalue weighted by Gasteiger charge is -2.21. The lowest BCUT2D eigenvalue weighted by molar-refractivity contribution is -0.161. The molecule has 5 atom stereocenters. The van der Waals surface area contributed by atoms with Crippen molar-refractivity contribution in [2.45, 2.75) is 329 Å². The Hall–Kier alpha value is -5.06. The molecule has 0 saturated heterocycles. The number of esters is 4. The van der Waals surface area contributed by atoms with Crippen LogP contribution in [0.4, 0.5) is 0 Å². The number of hydrogen-bond donors (Lipinski definition) is 3. The van der Waals surface area contributed by atoms with E-state index < -0.39 is 97.5 Å². The fourth-order valence-corrected chi connectivity index (χ4v) is 11.9. The third-order valence-electron chi connectivity index (χ3n) is 16.3. The highest BCUT2D eigenvalue weighted by atomic mass is 31.2. The smallest absolute Gasteiger partial charge is 0.462 e. The molecular formula is C85H142O17P2. The molecule has 0 spiro atoms.